The van der Waals surface area contributed by atoms with Crippen molar-refractivity contribution in [2.24, 2.45) is 0 Å². The summed E-state index contributed by atoms with van der Waals surface area (Å²) in [6.45, 7) is -0.130. The maximum Gasteiger partial charge on any atom is 0.339 e. The van der Waals surface area contributed by atoms with Gasteiger partial charge in [0.25, 0.3) is 5.91 Å². The van der Waals surface area contributed by atoms with Gasteiger partial charge >= 0.3 is 5.97 Å². The summed E-state index contributed by atoms with van der Waals surface area (Å²) in [7, 11) is 0. The lowest BCUT2D eigenvalue weighted by Gasteiger charge is -2.24. The van der Waals surface area contributed by atoms with Crippen molar-refractivity contribution in [2.45, 2.75) is 18.6 Å². The molecule has 0 saturated carbocycles. The highest BCUT2D eigenvalue weighted by atomic mass is 19.1. The molecular formula is C19H18FNO5. The molecule has 1 aliphatic heterocycles. The van der Waals surface area contributed by atoms with Gasteiger partial charge in [-0.05, 0) is 35.9 Å². The monoisotopic (exact) mass is 359 g/mol. The Bertz CT molecular complexity index is 793. The maximum absolute atomic E-state index is 12.8. The number of esters is 1. The molecule has 0 saturated heterocycles. The van der Waals surface area contributed by atoms with Gasteiger partial charge in [0.2, 0.25) is 0 Å². The predicted molar refractivity (Wildman–Crippen MR) is 90.3 cm³/mol. The molecule has 26 heavy (non-hydrogen) atoms. The zero-order valence-corrected chi connectivity index (χ0v) is 13.9. The summed E-state index contributed by atoms with van der Waals surface area (Å²) < 4.78 is 23.3. The van der Waals surface area contributed by atoms with Crippen LogP contribution in [0.5, 0.6) is 5.75 Å². The van der Waals surface area contributed by atoms with Gasteiger partial charge in [0, 0.05) is 13.0 Å². The van der Waals surface area contributed by atoms with Crippen molar-refractivity contribution in [3.05, 3.63) is 65.5 Å². The highest BCUT2D eigenvalue weighted by molar-refractivity contribution is 5.95. The van der Waals surface area contributed by atoms with Crippen LogP contribution in [-0.2, 0) is 16.0 Å². The van der Waals surface area contributed by atoms with Crippen LogP contribution < -0.4 is 10.1 Å². The molecule has 7 heteroatoms. The van der Waals surface area contributed by atoms with Gasteiger partial charge in [0.15, 0.2) is 6.10 Å². The number of nitrogens with one attached hydrogen (secondary N) is 1. The smallest absolute Gasteiger partial charge is 0.339 e. The number of aliphatic hydroxyl groups excluding tert-OH is 1. The Kier molecular flexibility index (Phi) is 5.48. The molecule has 0 fully saturated rings. The molecule has 6 nitrogen and oxygen atoms in total. The van der Waals surface area contributed by atoms with Crippen molar-refractivity contribution in [3.8, 4) is 5.75 Å². The Morgan fingerprint density at radius 2 is 2.00 bits per heavy atom. The Labute approximate surface area is 149 Å². The molecule has 2 aromatic carbocycles. The number of carbonyl (C=O) groups excluding carboxylic acids is 2. The zero-order valence-electron chi connectivity index (χ0n) is 13.9. The molecular weight excluding hydrogens is 341 g/mol. The third-order valence-corrected chi connectivity index (χ3v) is 3.95. The number of hydrogen-bond acceptors (Lipinski definition) is 5. The summed E-state index contributed by atoms with van der Waals surface area (Å²) in [5.74, 6) is -0.982. The van der Waals surface area contributed by atoms with Gasteiger partial charge in [-0.2, -0.15) is 0 Å². The molecule has 0 spiro atoms. The summed E-state index contributed by atoms with van der Waals surface area (Å²) in [4.78, 5) is 24.1. The number of aliphatic hydroxyl groups is 1. The molecule has 2 atom stereocenters. The molecule has 1 aliphatic rings. The lowest BCUT2D eigenvalue weighted by atomic mass is 9.98. The van der Waals surface area contributed by atoms with E-state index in [0.717, 1.165) is 5.56 Å². The summed E-state index contributed by atoms with van der Waals surface area (Å²) in [6, 6.07) is 12.3. The van der Waals surface area contributed by atoms with Crippen LogP contribution in [0, 0.1) is 5.82 Å². The van der Waals surface area contributed by atoms with E-state index in [4.69, 9.17) is 9.47 Å². The van der Waals surface area contributed by atoms with E-state index in [0.29, 0.717) is 11.3 Å². The number of carbonyl (C=O) groups is 2. The van der Waals surface area contributed by atoms with Crippen LogP contribution in [0.3, 0.4) is 0 Å². The van der Waals surface area contributed by atoms with E-state index >= 15 is 0 Å². The minimum atomic E-state index is -0.962. The summed E-state index contributed by atoms with van der Waals surface area (Å²) in [5.41, 5.74) is 1.22. The first kappa shape index (κ1) is 17.9. The molecule has 0 aliphatic carbocycles. The number of hydrogen-bond donors (Lipinski definition) is 2. The normalized spacial score (nSPS) is 17.0. The Morgan fingerprint density at radius 1 is 1.27 bits per heavy atom. The van der Waals surface area contributed by atoms with Gasteiger partial charge in [-0.25, -0.2) is 9.18 Å². The molecule has 3 rings (SSSR count). The molecule has 0 radical (unpaired) electrons. The van der Waals surface area contributed by atoms with E-state index in [2.05, 4.69) is 5.32 Å². The molecule has 1 amide bonds. The number of amides is 1. The molecule has 0 aromatic heterocycles. The first-order valence-corrected chi connectivity index (χ1v) is 8.16. The second-order valence-corrected chi connectivity index (χ2v) is 5.92. The largest absolute Gasteiger partial charge is 0.491 e. The van der Waals surface area contributed by atoms with Crippen LogP contribution in [0.2, 0.25) is 0 Å². The molecule has 0 bridgehead atoms. The minimum Gasteiger partial charge on any atom is -0.491 e. The van der Waals surface area contributed by atoms with Crippen molar-refractivity contribution in [2.75, 3.05) is 13.2 Å². The molecule has 0 unspecified atom stereocenters. The predicted octanol–water partition coefficient (Wildman–Crippen LogP) is 1.46. The highest BCUT2D eigenvalue weighted by Crippen LogP contribution is 2.20. The zero-order chi connectivity index (χ0) is 18.5. The second kappa shape index (κ2) is 7.97. The number of halogens is 1. The quantitative estimate of drug-likeness (QED) is 0.763. The Hall–Kier alpha value is -2.93. The average Bonchev–Trinajstić information content (AvgIpc) is 2.65. The van der Waals surface area contributed by atoms with Crippen molar-refractivity contribution >= 4 is 11.9 Å². The fourth-order valence-corrected chi connectivity index (χ4v) is 2.59. The van der Waals surface area contributed by atoms with Crippen LogP contribution in [0.4, 0.5) is 4.39 Å². The van der Waals surface area contributed by atoms with Crippen LogP contribution in [0.15, 0.2) is 48.5 Å². The van der Waals surface area contributed by atoms with E-state index in [1.165, 1.54) is 24.3 Å². The van der Waals surface area contributed by atoms with Crippen LogP contribution >= 0.6 is 0 Å². The van der Waals surface area contributed by atoms with Gasteiger partial charge in [-0.1, -0.05) is 18.2 Å². The van der Waals surface area contributed by atoms with Gasteiger partial charge in [0.1, 0.15) is 24.3 Å². The van der Waals surface area contributed by atoms with Gasteiger partial charge in [-0.3, -0.25) is 4.79 Å². The first-order valence-electron chi connectivity index (χ1n) is 8.16. The van der Waals surface area contributed by atoms with E-state index in [1.807, 2.05) is 0 Å². The Balaban J connectivity index is 1.46. The SMILES string of the molecule is O=C1O[C@@H](C(=O)NC[C@H](O)COc2ccc(F)cc2)Cc2ccccc21. The summed E-state index contributed by atoms with van der Waals surface area (Å²) in [5, 5.41) is 12.4. The minimum absolute atomic E-state index is 0.0598. The highest BCUT2D eigenvalue weighted by Gasteiger charge is 2.31. The third-order valence-electron chi connectivity index (χ3n) is 3.95. The van der Waals surface area contributed by atoms with Crippen molar-refractivity contribution in [1.82, 2.24) is 5.32 Å². The van der Waals surface area contributed by atoms with Crippen LogP contribution in [0.1, 0.15) is 15.9 Å². The van der Waals surface area contributed by atoms with Gasteiger partial charge in [0.05, 0.1) is 5.56 Å². The fourth-order valence-electron chi connectivity index (χ4n) is 2.59. The molecule has 2 aromatic rings. The second-order valence-electron chi connectivity index (χ2n) is 5.92. The van der Waals surface area contributed by atoms with E-state index < -0.39 is 24.1 Å². The molecule has 136 valence electrons. The number of benzene rings is 2. The third kappa shape index (κ3) is 4.37. The molecule has 1 heterocycles. The fraction of sp³-hybridized carbons (Fsp3) is 0.263. The average molecular weight is 359 g/mol. The van der Waals surface area contributed by atoms with E-state index in [9.17, 15) is 19.1 Å². The van der Waals surface area contributed by atoms with Crippen molar-refractivity contribution in [3.63, 3.8) is 0 Å². The van der Waals surface area contributed by atoms with E-state index in [1.54, 1.807) is 24.3 Å². The number of rotatable bonds is 6. The van der Waals surface area contributed by atoms with Gasteiger partial charge in [-0.15, -0.1) is 0 Å². The lowest BCUT2D eigenvalue weighted by Crippen LogP contribution is -2.45. The maximum atomic E-state index is 12.8. The van der Waals surface area contributed by atoms with Gasteiger partial charge < -0.3 is 19.9 Å². The summed E-state index contributed by atoms with van der Waals surface area (Å²) >= 11 is 0. The van der Waals surface area contributed by atoms with Crippen molar-refractivity contribution < 1.29 is 28.6 Å². The standard InChI is InChI=1S/C19H18FNO5/c20-13-5-7-15(8-6-13)25-11-14(22)10-21-18(23)17-9-12-3-1-2-4-16(12)19(24)26-17/h1-8,14,17,22H,9-11H2,(H,21,23)/t14-,17+/m0/s1. The first-order chi connectivity index (χ1) is 12.5. The number of ether oxygens (including phenoxy) is 2. The molecule has 2 N–H and O–H groups in total. The number of cyclic esters (lactones) is 1. The van der Waals surface area contributed by atoms with Crippen LogP contribution in [0.25, 0.3) is 0 Å². The van der Waals surface area contributed by atoms with Crippen molar-refractivity contribution in [1.29, 1.82) is 0 Å². The lowest BCUT2D eigenvalue weighted by molar-refractivity contribution is -0.130. The number of fused-ring (bicyclic) bond motifs is 1. The topological polar surface area (TPSA) is 84.9 Å². The summed E-state index contributed by atoms with van der Waals surface area (Å²) in [6.07, 6.45) is -1.60. The Morgan fingerprint density at radius 3 is 2.77 bits per heavy atom. The van der Waals surface area contributed by atoms with E-state index in [-0.39, 0.29) is 25.4 Å². The van der Waals surface area contributed by atoms with Crippen LogP contribution in [-0.4, -0.2) is 42.3 Å².